The van der Waals surface area contributed by atoms with Crippen LogP contribution in [0.5, 0.6) is 5.88 Å². The van der Waals surface area contributed by atoms with Crippen LogP contribution in [0.2, 0.25) is 0 Å². The predicted molar refractivity (Wildman–Crippen MR) is 98.5 cm³/mol. The first-order chi connectivity index (χ1) is 11.7. The Balaban J connectivity index is 1.66. The van der Waals surface area contributed by atoms with Gasteiger partial charge in [-0.25, -0.2) is 4.98 Å². The molecule has 0 aromatic carbocycles. The summed E-state index contributed by atoms with van der Waals surface area (Å²) in [6.07, 6.45) is 6.95. The fourth-order valence-corrected chi connectivity index (χ4v) is 3.06. The number of rotatable bonds is 7. The van der Waals surface area contributed by atoms with Crippen LogP contribution in [-0.4, -0.2) is 55.7 Å². The smallest absolute Gasteiger partial charge is 0.213 e. The molecule has 1 aromatic heterocycles. The Morgan fingerprint density at radius 2 is 2.29 bits per heavy atom. The molecule has 1 saturated heterocycles. The zero-order valence-corrected chi connectivity index (χ0v) is 15.2. The molecule has 2 heterocycles. The first-order valence-electron chi connectivity index (χ1n) is 8.90. The molecule has 0 saturated carbocycles. The van der Waals surface area contributed by atoms with E-state index in [2.05, 4.69) is 32.4 Å². The van der Waals surface area contributed by atoms with E-state index in [1.807, 2.05) is 12.1 Å². The zero-order chi connectivity index (χ0) is 17.2. The average Bonchev–Trinajstić information content (AvgIpc) is 2.62. The third kappa shape index (κ3) is 6.00. The minimum absolute atomic E-state index is 0.632. The number of guanidine groups is 1. The van der Waals surface area contributed by atoms with Crippen LogP contribution >= 0.6 is 0 Å². The normalized spacial score (nSPS) is 19.1. The van der Waals surface area contributed by atoms with Crippen molar-refractivity contribution < 1.29 is 4.74 Å². The Labute approximate surface area is 145 Å². The van der Waals surface area contributed by atoms with E-state index in [0.29, 0.717) is 12.4 Å². The molecule has 1 aromatic rings. The summed E-state index contributed by atoms with van der Waals surface area (Å²) in [6, 6.07) is 4.64. The summed E-state index contributed by atoms with van der Waals surface area (Å²) in [5.41, 5.74) is 1.12. The van der Waals surface area contributed by atoms with Gasteiger partial charge in [0.1, 0.15) is 0 Å². The van der Waals surface area contributed by atoms with E-state index in [1.165, 1.54) is 25.8 Å². The number of aliphatic imine (C=N–C) groups is 1. The van der Waals surface area contributed by atoms with Gasteiger partial charge >= 0.3 is 0 Å². The molecular weight excluding hydrogens is 302 g/mol. The predicted octanol–water partition coefficient (Wildman–Crippen LogP) is 2.02. The lowest BCUT2D eigenvalue weighted by Crippen LogP contribution is -2.41. The minimum atomic E-state index is 0.632. The van der Waals surface area contributed by atoms with Gasteiger partial charge in [0, 0.05) is 45.0 Å². The Hall–Kier alpha value is -1.82. The highest BCUT2D eigenvalue weighted by Gasteiger charge is 2.17. The number of ether oxygens (including phenoxy) is 1. The van der Waals surface area contributed by atoms with Gasteiger partial charge in [-0.1, -0.05) is 6.42 Å². The second-order valence-corrected chi connectivity index (χ2v) is 6.29. The lowest BCUT2D eigenvalue weighted by Gasteiger charge is -2.33. The summed E-state index contributed by atoms with van der Waals surface area (Å²) in [6.45, 7) is 6.38. The van der Waals surface area contributed by atoms with Crippen LogP contribution in [0.25, 0.3) is 0 Å². The van der Waals surface area contributed by atoms with Crippen LogP contribution in [-0.2, 0) is 6.54 Å². The molecule has 1 aliphatic rings. The number of pyridine rings is 1. The lowest BCUT2D eigenvalue weighted by molar-refractivity contribution is 0.159. The maximum atomic E-state index is 5.14. The fourth-order valence-electron chi connectivity index (χ4n) is 3.06. The van der Waals surface area contributed by atoms with Crippen molar-refractivity contribution in [1.29, 1.82) is 0 Å². The molecule has 0 aliphatic carbocycles. The highest BCUT2D eigenvalue weighted by Crippen LogP contribution is 2.16. The van der Waals surface area contributed by atoms with E-state index in [0.717, 1.165) is 37.1 Å². The Bertz CT molecular complexity index is 520. The van der Waals surface area contributed by atoms with Crippen molar-refractivity contribution >= 4 is 5.96 Å². The van der Waals surface area contributed by atoms with Crippen molar-refractivity contribution in [2.45, 2.75) is 45.2 Å². The zero-order valence-electron chi connectivity index (χ0n) is 15.2. The standard InChI is InChI=1S/C18H31N5O/c1-15-7-4-5-11-23(15)12-6-9-21-18(19-2)22-14-16-8-10-20-17(13-16)24-3/h8,10,13,15H,4-7,9,11-12,14H2,1-3H3,(H2,19,21,22). The number of methoxy groups -OCH3 is 1. The second-order valence-electron chi connectivity index (χ2n) is 6.29. The Kier molecular flexibility index (Phi) is 7.82. The highest BCUT2D eigenvalue weighted by atomic mass is 16.5. The first-order valence-corrected chi connectivity index (χ1v) is 8.90. The van der Waals surface area contributed by atoms with E-state index in [-0.39, 0.29) is 0 Å². The van der Waals surface area contributed by atoms with Gasteiger partial charge in [-0.2, -0.15) is 0 Å². The van der Waals surface area contributed by atoms with Gasteiger partial charge in [0.15, 0.2) is 5.96 Å². The summed E-state index contributed by atoms with van der Waals surface area (Å²) >= 11 is 0. The Morgan fingerprint density at radius 3 is 3.04 bits per heavy atom. The third-order valence-corrected chi connectivity index (χ3v) is 4.55. The SMILES string of the molecule is CN=C(NCCCN1CCCCC1C)NCc1ccnc(OC)c1. The quantitative estimate of drug-likeness (QED) is 0.454. The maximum absolute atomic E-state index is 5.14. The van der Waals surface area contributed by atoms with Crippen LogP contribution in [0.15, 0.2) is 23.3 Å². The highest BCUT2D eigenvalue weighted by molar-refractivity contribution is 5.79. The third-order valence-electron chi connectivity index (χ3n) is 4.55. The van der Waals surface area contributed by atoms with E-state index in [1.54, 1.807) is 20.4 Å². The van der Waals surface area contributed by atoms with E-state index >= 15 is 0 Å². The van der Waals surface area contributed by atoms with E-state index in [4.69, 9.17) is 4.74 Å². The number of hydrogen-bond acceptors (Lipinski definition) is 4. The molecule has 0 radical (unpaired) electrons. The second kappa shape index (κ2) is 10.1. The lowest BCUT2D eigenvalue weighted by atomic mass is 10.0. The Morgan fingerprint density at radius 1 is 1.42 bits per heavy atom. The first kappa shape index (κ1) is 18.5. The van der Waals surface area contributed by atoms with Crippen LogP contribution in [0.4, 0.5) is 0 Å². The summed E-state index contributed by atoms with van der Waals surface area (Å²) in [7, 11) is 3.43. The summed E-state index contributed by atoms with van der Waals surface area (Å²) in [4.78, 5) is 11.0. The van der Waals surface area contributed by atoms with Gasteiger partial charge in [0.2, 0.25) is 5.88 Å². The summed E-state index contributed by atoms with van der Waals surface area (Å²) in [5.74, 6) is 1.46. The number of hydrogen-bond donors (Lipinski definition) is 2. The summed E-state index contributed by atoms with van der Waals surface area (Å²) in [5, 5.41) is 6.71. The van der Waals surface area contributed by atoms with Crippen LogP contribution in [0, 0.1) is 0 Å². The molecule has 24 heavy (non-hydrogen) atoms. The molecule has 2 N–H and O–H groups in total. The van der Waals surface area contributed by atoms with Gasteiger partial charge in [-0.15, -0.1) is 0 Å². The average molecular weight is 333 g/mol. The topological polar surface area (TPSA) is 61.8 Å². The number of nitrogens with one attached hydrogen (secondary N) is 2. The number of aromatic nitrogens is 1. The van der Waals surface area contributed by atoms with Crippen LogP contribution in [0.3, 0.4) is 0 Å². The van der Waals surface area contributed by atoms with E-state index in [9.17, 15) is 0 Å². The number of likely N-dealkylation sites (tertiary alicyclic amines) is 1. The summed E-state index contributed by atoms with van der Waals surface area (Å²) < 4.78 is 5.14. The number of nitrogens with zero attached hydrogens (tertiary/aromatic N) is 3. The molecule has 1 aliphatic heterocycles. The fraction of sp³-hybridized carbons (Fsp3) is 0.667. The van der Waals surface area contributed by atoms with Crippen molar-refractivity contribution in [3.05, 3.63) is 23.9 Å². The maximum Gasteiger partial charge on any atom is 0.213 e. The van der Waals surface area contributed by atoms with Gasteiger partial charge in [-0.05, 0) is 44.4 Å². The molecule has 2 rings (SSSR count). The van der Waals surface area contributed by atoms with Gasteiger partial charge in [0.05, 0.1) is 7.11 Å². The van der Waals surface area contributed by atoms with Crippen molar-refractivity contribution in [3.63, 3.8) is 0 Å². The van der Waals surface area contributed by atoms with Crippen LogP contribution < -0.4 is 15.4 Å². The monoisotopic (exact) mass is 333 g/mol. The molecule has 1 atom stereocenters. The molecular formula is C18H31N5O. The minimum Gasteiger partial charge on any atom is -0.481 e. The van der Waals surface area contributed by atoms with Gasteiger partial charge in [0.25, 0.3) is 0 Å². The van der Waals surface area contributed by atoms with Crippen LogP contribution in [0.1, 0.15) is 38.2 Å². The van der Waals surface area contributed by atoms with Gasteiger partial charge in [-0.3, -0.25) is 4.99 Å². The van der Waals surface area contributed by atoms with E-state index < -0.39 is 0 Å². The molecule has 6 heteroatoms. The molecule has 6 nitrogen and oxygen atoms in total. The van der Waals surface area contributed by atoms with Crippen molar-refractivity contribution in [2.24, 2.45) is 4.99 Å². The number of piperidine rings is 1. The molecule has 0 spiro atoms. The van der Waals surface area contributed by atoms with Crippen molar-refractivity contribution in [1.82, 2.24) is 20.5 Å². The molecule has 134 valence electrons. The van der Waals surface area contributed by atoms with Crippen molar-refractivity contribution in [3.8, 4) is 5.88 Å². The molecule has 0 amide bonds. The van der Waals surface area contributed by atoms with Gasteiger partial charge < -0.3 is 20.3 Å². The molecule has 1 unspecified atom stereocenters. The molecule has 1 fully saturated rings. The molecule has 0 bridgehead atoms. The van der Waals surface area contributed by atoms with Crippen molar-refractivity contribution in [2.75, 3.05) is 33.8 Å². The largest absolute Gasteiger partial charge is 0.481 e.